The number of likely N-dealkylation sites (tertiary alicyclic amines) is 1. The minimum atomic E-state index is -0.620. The number of nitrogens with zero attached hydrogens (tertiary/aromatic N) is 2. The molecule has 2 aliphatic heterocycles. The number of amides is 3. The number of imide groups is 1. The lowest BCUT2D eigenvalue weighted by Crippen LogP contribution is -2.52. The zero-order valence-electron chi connectivity index (χ0n) is 17.8. The first-order valence-electron chi connectivity index (χ1n) is 10.6. The molecule has 5 nitrogen and oxygen atoms in total. The van der Waals surface area contributed by atoms with Gasteiger partial charge in [-0.05, 0) is 45.7 Å². The van der Waals surface area contributed by atoms with Gasteiger partial charge < -0.3 is 0 Å². The fourth-order valence-corrected chi connectivity index (χ4v) is 8.66. The summed E-state index contributed by atoms with van der Waals surface area (Å²) >= 11 is 5.63. The van der Waals surface area contributed by atoms with Crippen LogP contribution in [0.2, 0.25) is 0 Å². The van der Waals surface area contributed by atoms with Gasteiger partial charge in [0.25, 0.3) is 0 Å². The number of carbonyl (C=O) groups excluding carboxylic acids is 3. The van der Waals surface area contributed by atoms with Crippen molar-refractivity contribution < 1.29 is 14.4 Å². The van der Waals surface area contributed by atoms with E-state index in [9.17, 15) is 14.4 Å². The summed E-state index contributed by atoms with van der Waals surface area (Å²) in [5.74, 6) is -1.06. The Morgan fingerprint density at radius 2 is 1.77 bits per heavy atom. The van der Waals surface area contributed by atoms with Gasteiger partial charge in [0, 0.05) is 11.1 Å². The molecule has 2 atom stereocenters. The molecule has 1 saturated carbocycles. The number of fused-ring (bicyclic) bond motifs is 4. The molecule has 1 aromatic heterocycles. The molecule has 1 saturated heterocycles. The van der Waals surface area contributed by atoms with Crippen molar-refractivity contribution in [2.24, 2.45) is 11.8 Å². The standard InChI is InChI=1S/C23H24N2O3S3/c1-12-8-9-16-15(10-12)18-19(30-31-22(18)29)23(2,3)25(16)17(26)11-24-20(27)13-6-4-5-7-14(13)21(24)28/h8-10,13-14H,4-7,11H2,1-3H3. The maximum atomic E-state index is 13.7. The van der Waals surface area contributed by atoms with Gasteiger partial charge in [0.15, 0.2) is 0 Å². The highest BCUT2D eigenvalue weighted by Gasteiger charge is 2.50. The monoisotopic (exact) mass is 472 g/mol. The molecular weight excluding hydrogens is 448 g/mol. The fraction of sp³-hybridized carbons (Fsp3) is 0.478. The normalized spacial score (nSPS) is 24.1. The van der Waals surface area contributed by atoms with Crippen molar-refractivity contribution >= 4 is 56.3 Å². The Morgan fingerprint density at radius 1 is 1.13 bits per heavy atom. The molecule has 8 heteroatoms. The van der Waals surface area contributed by atoms with E-state index in [2.05, 4.69) is 6.07 Å². The maximum absolute atomic E-state index is 13.7. The van der Waals surface area contributed by atoms with Crippen molar-refractivity contribution in [1.82, 2.24) is 4.90 Å². The van der Waals surface area contributed by atoms with E-state index in [0.29, 0.717) is 0 Å². The van der Waals surface area contributed by atoms with Crippen LogP contribution in [0.1, 0.15) is 50.0 Å². The highest BCUT2D eigenvalue weighted by atomic mass is 32.9. The third-order valence-electron chi connectivity index (χ3n) is 6.88. The van der Waals surface area contributed by atoms with Crippen molar-refractivity contribution in [3.8, 4) is 11.1 Å². The SMILES string of the molecule is Cc1ccc2c(c1)-c1c(ssc1=S)C(C)(C)N2C(=O)CN1C(=O)C2CCCCC2C1=O. The van der Waals surface area contributed by atoms with Crippen LogP contribution in [0, 0.1) is 22.6 Å². The Balaban J connectivity index is 1.54. The number of hydrogen-bond acceptors (Lipinski definition) is 6. The molecule has 162 valence electrons. The Morgan fingerprint density at radius 3 is 2.42 bits per heavy atom. The van der Waals surface area contributed by atoms with E-state index >= 15 is 0 Å². The first-order chi connectivity index (χ1) is 14.7. The molecular formula is C23H24N2O3S3. The Labute approximate surface area is 194 Å². The van der Waals surface area contributed by atoms with Gasteiger partial charge in [-0.1, -0.05) is 57.4 Å². The maximum Gasteiger partial charge on any atom is 0.247 e. The average Bonchev–Trinajstić information content (AvgIpc) is 3.23. The lowest BCUT2D eigenvalue weighted by atomic mass is 9.81. The second-order valence-electron chi connectivity index (χ2n) is 9.23. The van der Waals surface area contributed by atoms with Gasteiger partial charge in [0.05, 0.1) is 27.9 Å². The van der Waals surface area contributed by atoms with Gasteiger partial charge in [0.1, 0.15) is 10.4 Å². The van der Waals surface area contributed by atoms with E-state index in [1.807, 2.05) is 32.9 Å². The Kier molecular flexibility index (Phi) is 4.95. The van der Waals surface area contributed by atoms with Gasteiger partial charge in [-0.25, -0.2) is 0 Å². The van der Waals surface area contributed by atoms with Gasteiger partial charge in [-0.3, -0.25) is 24.2 Å². The van der Waals surface area contributed by atoms with Gasteiger partial charge in [-0.15, -0.1) is 0 Å². The van der Waals surface area contributed by atoms with Crippen LogP contribution in [-0.4, -0.2) is 29.2 Å². The van der Waals surface area contributed by atoms with Crippen LogP contribution < -0.4 is 4.90 Å². The number of aryl methyl sites for hydroxylation is 1. The van der Waals surface area contributed by atoms with Gasteiger partial charge in [-0.2, -0.15) is 0 Å². The van der Waals surface area contributed by atoms with Crippen molar-refractivity contribution in [3.63, 3.8) is 0 Å². The first-order valence-corrected chi connectivity index (χ1v) is 13.2. The lowest BCUT2D eigenvalue weighted by molar-refractivity contribution is -0.143. The molecule has 2 unspecified atom stereocenters. The van der Waals surface area contributed by atoms with E-state index in [-0.39, 0.29) is 36.1 Å². The molecule has 0 radical (unpaired) electrons. The highest BCUT2D eigenvalue weighted by molar-refractivity contribution is 7.80. The third-order valence-corrected chi connectivity index (χ3v) is 10.2. The zero-order chi connectivity index (χ0) is 22.1. The fourth-order valence-electron chi connectivity index (χ4n) is 5.38. The summed E-state index contributed by atoms with van der Waals surface area (Å²) < 4.78 is 0.834. The summed E-state index contributed by atoms with van der Waals surface area (Å²) in [6, 6.07) is 6.01. The van der Waals surface area contributed by atoms with Crippen molar-refractivity contribution in [1.29, 1.82) is 0 Å². The van der Waals surface area contributed by atoms with Crippen molar-refractivity contribution in [3.05, 3.63) is 32.5 Å². The molecule has 3 aliphatic rings. The zero-order valence-corrected chi connectivity index (χ0v) is 20.2. The molecule has 2 fully saturated rings. The number of benzene rings is 1. The van der Waals surface area contributed by atoms with Crippen LogP contribution >= 0.6 is 32.9 Å². The van der Waals surface area contributed by atoms with E-state index in [4.69, 9.17) is 12.2 Å². The van der Waals surface area contributed by atoms with Gasteiger partial charge >= 0.3 is 0 Å². The third kappa shape index (κ3) is 3.06. The molecule has 3 heterocycles. The van der Waals surface area contributed by atoms with Crippen LogP contribution in [0.3, 0.4) is 0 Å². The highest BCUT2D eigenvalue weighted by Crippen LogP contribution is 2.52. The minimum absolute atomic E-state index is 0.172. The number of carbonyl (C=O) groups is 3. The lowest BCUT2D eigenvalue weighted by Gasteiger charge is -2.43. The van der Waals surface area contributed by atoms with Crippen molar-refractivity contribution in [2.75, 3.05) is 11.4 Å². The van der Waals surface area contributed by atoms with Crippen LogP contribution in [0.15, 0.2) is 18.2 Å². The molecule has 31 heavy (non-hydrogen) atoms. The largest absolute Gasteiger partial charge is 0.300 e. The topological polar surface area (TPSA) is 57.7 Å². The molecule has 1 aromatic carbocycles. The molecule has 0 bridgehead atoms. The minimum Gasteiger partial charge on any atom is -0.300 e. The predicted octanol–water partition coefficient (Wildman–Crippen LogP) is 5.27. The summed E-state index contributed by atoms with van der Waals surface area (Å²) in [7, 11) is 3.16. The molecule has 1 aliphatic carbocycles. The molecule has 0 N–H and O–H groups in total. The van der Waals surface area contributed by atoms with Crippen molar-refractivity contribution in [2.45, 2.75) is 52.0 Å². The summed E-state index contributed by atoms with van der Waals surface area (Å²) in [4.78, 5) is 43.6. The van der Waals surface area contributed by atoms with Crippen LogP contribution in [0.4, 0.5) is 5.69 Å². The second-order valence-corrected chi connectivity index (χ2v) is 12.0. The molecule has 3 amide bonds. The van der Waals surface area contributed by atoms with Gasteiger partial charge in [0.2, 0.25) is 17.7 Å². The number of hydrogen-bond donors (Lipinski definition) is 0. The Hall–Kier alpha value is -1.90. The quantitative estimate of drug-likeness (QED) is 0.339. The summed E-state index contributed by atoms with van der Waals surface area (Å²) in [5, 5.41) is 0. The predicted molar refractivity (Wildman–Crippen MR) is 126 cm³/mol. The van der Waals surface area contributed by atoms with E-state index < -0.39 is 5.54 Å². The molecule has 0 spiro atoms. The second kappa shape index (κ2) is 7.32. The average molecular weight is 473 g/mol. The summed E-state index contributed by atoms with van der Waals surface area (Å²) in [6.45, 7) is 5.84. The van der Waals surface area contributed by atoms with E-state index in [0.717, 1.165) is 56.8 Å². The number of rotatable bonds is 2. The smallest absolute Gasteiger partial charge is 0.247 e. The number of anilines is 1. The first kappa shape index (κ1) is 21.0. The summed E-state index contributed by atoms with van der Waals surface area (Å²) in [6.07, 6.45) is 3.44. The van der Waals surface area contributed by atoms with Crippen LogP contribution in [0.5, 0.6) is 0 Å². The van der Waals surface area contributed by atoms with E-state index in [1.54, 1.807) is 25.6 Å². The molecule has 2 aromatic rings. The Bertz CT molecular complexity index is 1150. The summed E-state index contributed by atoms with van der Waals surface area (Å²) in [5.41, 5.74) is 3.26. The molecule has 5 rings (SSSR count). The van der Waals surface area contributed by atoms with E-state index in [1.165, 1.54) is 4.90 Å². The van der Waals surface area contributed by atoms with Crippen LogP contribution in [-0.2, 0) is 19.9 Å². The van der Waals surface area contributed by atoms with Crippen LogP contribution in [0.25, 0.3) is 11.1 Å².